The SMILES string of the molecule is c1cc(CN2C[C@H]3CCCO[C@H]3[C@@H](N3CCOCC3)C2)cs1. The summed E-state index contributed by atoms with van der Waals surface area (Å²) in [6.07, 6.45) is 2.99. The predicted molar refractivity (Wildman–Crippen MR) is 88.2 cm³/mol. The van der Waals surface area contributed by atoms with Gasteiger partial charge in [0, 0.05) is 45.4 Å². The molecule has 3 fully saturated rings. The fourth-order valence-corrected chi connectivity index (χ4v) is 4.92. The van der Waals surface area contributed by atoms with E-state index >= 15 is 0 Å². The van der Waals surface area contributed by atoms with Crippen LogP contribution in [0.5, 0.6) is 0 Å². The van der Waals surface area contributed by atoms with Crippen LogP contribution in [0.3, 0.4) is 0 Å². The van der Waals surface area contributed by atoms with Crippen LogP contribution >= 0.6 is 11.3 Å². The highest BCUT2D eigenvalue weighted by Gasteiger charge is 2.42. The molecule has 0 aromatic carbocycles. The number of ether oxygens (including phenoxy) is 2. The van der Waals surface area contributed by atoms with E-state index in [9.17, 15) is 0 Å². The zero-order valence-electron chi connectivity index (χ0n) is 13.2. The van der Waals surface area contributed by atoms with Crippen LogP contribution in [0.15, 0.2) is 16.8 Å². The van der Waals surface area contributed by atoms with Gasteiger partial charge in [-0.25, -0.2) is 0 Å². The second-order valence-electron chi connectivity index (χ2n) is 6.78. The standard InChI is InChI=1S/C17H26N2O2S/c1-2-15-11-18(10-14-3-9-22-13-14)12-16(17(15)21-6-1)19-4-7-20-8-5-19/h3,9,13,15-17H,1-2,4-8,10-12H2/t15-,16+,17-/m1/s1. The van der Waals surface area contributed by atoms with Gasteiger partial charge in [-0.3, -0.25) is 9.80 Å². The van der Waals surface area contributed by atoms with E-state index in [4.69, 9.17) is 9.47 Å². The third-order valence-electron chi connectivity index (χ3n) is 5.31. The zero-order valence-corrected chi connectivity index (χ0v) is 14.0. The minimum atomic E-state index is 0.436. The first-order valence-corrected chi connectivity index (χ1v) is 9.51. The molecule has 3 saturated heterocycles. The predicted octanol–water partition coefficient (Wildman–Crippen LogP) is 2.06. The van der Waals surface area contributed by atoms with Crippen LogP contribution in [-0.2, 0) is 16.0 Å². The van der Waals surface area contributed by atoms with Crippen LogP contribution in [0.25, 0.3) is 0 Å². The summed E-state index contributed by atoms with van der Waals surface area (Å²) in [6, 6.07) is 2.80. The first-order chi connectivity index (χ1) is 10.9. The smallest absolute Gasteiger partial charge is 0.0782 e. The summed E-state index contributed by atoms with van der Waals surface area (Å²) in [7, 11) is 0. The Labute approximate surface area is 137 Å². The van der Waals surface area contributed by atoms with Gasteiger partial charge in [-0.1, -0.05) is 0 Å². The molecule has 4 heterocycles. The lowest BCUT2D eigenvalue weighted by atomic mass is 9.84. The van der Waals surface area contributed by atoms with Crippen LogP contribution in [0.1, 0.15) is 18.4 Å². The fraction of sp³-hybridized carbons (Fsp3) is 0.765. The lowest BCUT2D eigenvalue weighted by molar-refractivity contribution is -0.128. The van der Waals surface area contributed by atoms with Crippen LogP contribution in [0, 0.1) is 5.92 Å². The minimum absolute atomic E-state index is 0.436. The monoisotopic (exact) mass is 322 g/mol. The maximum absolute atomic E-state index is 6.22. The van der Waals surface area contributed by atoms with Crippen molar-refractivity contribution in [2.45, 2.75) is 31.5 Å². The molecular weight excluding hydrogens is 296 g/mol. The zero-order chi connectivity index (χ0) is 14.8. The highest BCUT2D eigenvalue weighted by atomic mass is 32.1. The molecule has 4 nitrogen and oxygen atoms in total. The highest BCUT2D eigenvalue weighted by Crippen LogP contribution is 2.32. The maximum Gasteiger partial charge on any atom is 0.0782 e. The van der Waals surface area contributed by atoms with Crippen molar-refractivity contribution in [2.75, 3.05) is 46.0 Å². The lowest BCUT2D eigenvalue weighted by Gasteiger charge is -2.50. The minimum Gasteiger partial charge on any atom is -0.379 e. The van der Waals surface area contributed by atoms with Gasteiger partial charge >= 0.3 is 0 Å². The van der Waals surface area contributed by atoms with Crippen molar-refractivity contribution in [3.8, 4) is 0 Å². The number of fused-ring (bicyclic) bond motifs is 1. The van der Waals surface area contributed by atoms with Gasteiger partial charge in [0.25, 0.3) is 0 Å². The largest absolute Gasteiger partial charge is 0.379 e. The molecule has 0 bridgehead atoms. The maximum atomic E-state index is 6.22. The number of morpholine rings is 1. The number of likely N-dealkylation sites (tertiary alicyclic amines) is 1. The van der Waals surface area contributed by atoms with Gasteiger partial charge in [-0.15, -0.1) is 0 Å². The Kier molecular flexibility index (Phi) is 4.78. The molecule has 3 aliphatic rings. The first-order valence-electron chi connectivity index (χ1n) is 8.57. The van der Waals surface area contributed by atoms with Crippen molar-refractivity contribution < 1.29 is 9.47 Å². The van der Waals surface area contributed by atoms with Gasteiger partial charge in [0.2, 0.25) is 0 Å². The van der Waals surface area contributed by atoms with Gasteiger partial charge in [0.1, 0.15) is 0 Å². The van der Waals surface area contributed by atoms with Gasteiger partial charge < -0.3 is 9.47 Å². The molecule has 0 radical (unpaired) electrons. The second kappa shape index (κ2) is 6.97. The van der Waals surface area contributed by atoms with E-state index in [1.165, 1.54) is 24.9 Å². The Morgan fingerprint density at radius 3 is 2.91 bits per heavy atom. The molecule has 0 spiro atoms. The first kappa shape index (κ1) is 15.1. The second-order valence-corrected chi connectivity index (χ2v) is 7.56. The third-order valence-corrected chi connectivity index (χ3v) is 6.04. The summed E-state index contributed by atoms with van der Waals surface area (Å²) in [5.41, 5.74) is 1.46. The van der Waals surface area contributed by atoms with Gasteiger partial charge in [0.15, 0.2) is 0 Å². The summed E-state index contributed by atoms with van der Waals surface area (Å²) < 4.78 is 11.8. The number of rotatable bonds is 3. The summed E-state index contributed by atoms with van der Waals surface area (Å²) in [5.74, 6) is 0.703. The molecule has 1 aromatic rings. The normalized spacial score (nSPS) is 34.5. The number of piperidine rings is 1. The molecule has 1 aromatic heterocycles. The molecule has 0 aliphatic carbocycles. The lowest BCUT2D eigenvalue weighted by Crippen LogP contribution is -2.62. The fourth-order valence-electron chi connectivity index (χ4n) is 4.26. The van der Waals surface area contributed by atoms with Crippen LogP contribution in [0.4, 0.5) is 0 Å². The van der Waals surface area contributed by atoms with Crippen molar-refractivity contribution in [3.63, 3.8) is 0 Å². The van der Waals surface area contributed by atoms with Crippen molar-refractivity contribution in [1.29, 1.82) is 0 Å². The summed E-state index contributed by atoms with van der Waals surface area (Å²) in [5, 5.41) is 4.47. The van der Waals surface area contributed by atoms with Gasteiger partial charge in [-0.2, -0.15) is 11.3 Å². The van der Waals surface area contributed by atoms with E-state index in [2.05, 4.69) is 26.6 Å². The Morgan fingerprint density at radius 2 is 2.09 bits per heavy atom. The molecule has 4 rings (SSSR count). The molecule has 0 unspecified atom stereocenters. The number of nitrogens with zero attached hydrogens (tertiary/aromatic N) is 2. The van der Waals surface area contributed by atoms with Crippen molar-refractivity contribution in [2.24, 2.45) is 5.92 Å². The Bertz CT molecular complexity index is 461. The van der Waals surface area contributed by atoms with E-state index in [0.29, 0.717) is 18.1 Å². The van der Waals surface area contributed by atoms with Gasteiger partial charge in [-0.05, 0) is 41.1 Å². The summed E-state index contributed by atoms with van der Waals surface area (Å²) >= 11 is 1.80. The van der Waals surface area contributed by atoms with Crippen LogP contribution < -0.4 is 0 Å². The molecule has 122 valence electrons. The quantitative estimate of drug-likeness (QED) is 0.850. The molecule has 22 heavy (non-hydrogen) atoms. The average Bonchev–Trinajstić information content (AvgIpc) is 3.08. The van der Waals surface area contributed by atoms with Crippen molar-refractivity contribution in [3.05, 3.63) is 22.4 Å². The number of thiophene rings is 1. The van der Waals surface area contributed by atoms with Crippen molar-refractivity contribution >= 4 is 11.3 Å². The Balaban J connectivity index is 1.48. The van der Waals surface area contributed by atoms with Crippen LogP contribution in [0.2, 0.25) is 0 Å². The molecular formula is C17H26N2O2S. The van der Waals surface area contributed by atoms with E-state index in [-0.39, 0.29) is 0 Å². The number of hydrogen-bond acceptors (Lipinski definition) is 5. The third kappa shape index (κ3) is 3.24. The van der Waals surface area contributed by atoms with E-state index in [1.54, 1.807) is 11.3 Å². The van der Waals surface area contributed by atoms with E-state index < -0.39 is 0 Å². The Morgan fingerprint density at radius 1 is 1.18 bits per heavy atom. The number of hydrogen-bond donors (Lipinski definition) is 0. The topological polar surface area (TPSA) is 24.9 Å². The average molecular weight is 322 g/mol. The molecule has 5 heteroatoms. The molecule has 3 atom stereocenters. The molecule has 0 saturated carbocycles. The van der Waals surface area contributed by atoms with E-state index in [0.717, 1.165) is 46.0 Å². The Hall–Kier alpha value is -0.460. The summed E-state index contributed by atoms with van der Waals surface area (Å²) in [4.78, 5) is 5.27. The summed E-state index contributed by atoms with van der Waals surface area (Å²) in [6.45, 7) is 8.24. The van der Waals surface area contributed by atoms with Gasteiger partial charge in [0.05, 0.1) is 19.3 Å². The molecule has 0 N–H and O–H groups in total. The van der Waals surface area contributed by atoms with E-state index in [1.807, 2.05) is 0 Å². The molecule has 3 aliphatic heterocycles. The van der Waals surface area contributed by atoms with Crippen LogP contribution in [-0.4, -0.2) is 67.9 Å². The highest BCUT2D eigenvalue weighted by molar-refractivity contribution is 7.07. The van der Waals surface area contributed by atoms with Crippen molar-refractivity contribution in [1.82, 2.24) is 9.80 Å². The molecule has 0 amide bonds.